The summed E-state index contributed by atoms with van der Waals surface area (Å²) in [7, 11) is 0. The Bertz CT molecular complexity index is 512. The molecule has 1 saturated carbocycles. The second-order valence-electron chi connectivity index (χ2n) is 5.64. The number of rotatable bonds is 2. The first-order chi connectivity index (χ1) is 9.73. The maximum absolute atomic E-state index is 13.9. The molecule has 118 valence electrons. The van der Waals surface area contributed by atoms with E-state index in [1.54, 1.807) is 0 Å². The van der Waals surface area contributed by atoms with Crippen LogP contribution in [0.5, 0.6) is 0 Å². The number of benzene rings is 1. The summed E-state index contributed by atoms with van der Waals surface area (Å²) in [5.74, 6) is -5.18. The minimum Gasteiger partial charge on any atom is -0.388 e. The molecule has 1 N–H and O–H groups in total. The van der Waals surface area contributed by atoms with E-state index in [0.29, 0.717) is 12.8 Å². The summed E-state index contributed by atoms with van der Waals surface area (Å²) < 4.78 is 66.5. The van der Waals surface area contributed by atoms with Crippen LogP contribution in [0, 0.1) is 30.4 Å². The Balaban J connectivity index is 2.33. The largest absolute Gasteiger partial charge is 0.392 e. The average molecular weight is 308 g/mol. The van der Waals surface area contributed by atoms with Crippen LogP contribution in [0.1, 0.15) is 42.9 Å². The number of aliphatic hydroxyl groups is 1. The fourth-order valence-electron chi connectivity index (χ4n) is 3.06. The zero-order valence-electron chi connectivity index (χ0n) is 11.6. The summed E-state index contributed by atoms with van der Waals surface area (Å²) in [6, 6.07) is 2.43. The number of alkyl halides is 3. The highest BCUT2D eigenvalue weighted by atomic mass is 19.4. The molecule has 0 heterocycles. The maximum atomic E-state index is 13.9. The van der Waals surface area contributed by atoms with Gasteiger partial charge in [-0.05, 0) is 25.3 Å². The van der Waals surface area contributed by atoms with Crippen molar-refractivity contribution in [2.24, 2.45) is 11.8 Å². The lowest BCUT2D eigenvalue weighted by Crippen LogP contribution is -2.36. The molecule has 0 amide bonds. The van der Waals surface area contributed by atoms with Gasteiger partial charge in [-0.25, -0.2) is 8.78 Å². The molecule has 2 rings (SSSR count). The highest BCUT2D eigenvalue weighted by Gasteiger charge is 2.48. The van der Waals surface area contributed by atoms with Crippen molar-refractivity contribution < 1.29 is 27.1 Å². The summed E-state index contributed by atoms with van der Waals surface area (Å²) in [5, 5.41) is 10.2. The molecule has 1 aromatic carbocycles. The highest BCUT2D eigenvalue weighted by molar-refractivity contribution is 5.27. The van der Waals surface area contributed by atoms with Gasteiger partial charge in [-0.3, -0.25) is 0 Å². The van der Waals surface area contributed by atoms with Crippen LogP contribution < -0.4 is 0 Å². The smallest absolute Gasteiger partial charge is 0.388 e. The van der Waals surface area contributed by atoms with Crippen LogP contribution >= 0.6 is 0 Å². The Morgan fingerprint density at radius 3 is 2.33 bits per heavy atom. The van der Waals surface area contributed by atoms with Crippen molar-refractivity contribution >= 4 is 0 Å². The predicted octanol–water partition coefficient (Wildman–Crippen LogP) is 4.68. The molecule has 1 aliphatic rings. The van der Waals surface area contributed by atoms with Gasteiger partial charge in [-0.1, -0.05) is 25.0 Å². The molecule has 0 saturated heterocycles. The van der Waals surface area contributed by atoms with Gasteiger partial charge in [0.05, 0.1) is 12.0 Å². The van der Waals surface area contributed by atoms with Gasteiger partial charge in [0.1, 0.15) is 0 Å². The van der Waals surface area contributed by atoms with E-state index < -0.39 is 35.8 Å². The van der Waals surface area contributed by atoms with Crippen molar-refractivity contribution in [2.75, 3.05) is 0 Å². The molecule has 6 heteroatoms. The molecule has 0 aliphatic heterocycles. The van der Waals surface area contributed by atoms with Gasteiger partial charge in [0.25, 0.3) is 0 Å². The third kappa shape index (κ3) is 3.20. The number of hydrogen-bond acceptors (Lipinski definition) is 1. The molecule has 0 aromatic heterocycles. The summed E-state index contributed by atoms with van der Waals surface area (Å²) in [5.41, 5.74) is -0.335. The van der Waals surface area contributed by atoms with Crippen LogP contribution in [-0.2, 0) is 0 Å². The predicted molar refractivity (Wildman–Crippen MR) is 67.6 cm³/mol. The Labute approximate surface area is 119 Å². The third-order valence-corrected chi connectivity index (χ3v) is 4.27. The number of aliphatic hydroxyl groups excluding tert-OH is 1. The highest BCUT2D eigenvalue weighted by Crippen LogP contribution is 2.46. The first-order valence-electron chi connectivity index (χ1n) is 6.92. The van der Waals surface area contributed by atoms with E-state index in [4.69, 9.17) is 0 Å². The summed E-state index contributed by atoms with van der Waals surface area (Å²) in [6.07, 6.45) is -5.04. The Morgan fingerprint density at radius 2 is 1.71 bits per heavy atom. The fraction of sp³-hybridized carbons (Fsp3) is 0.600. The zero-order valence-corrected chi connectivity index (χ0v) is 11.6. The van der Waals surface area contributed by atoms with Crippen molar-refractivity contribution in [3.05, 3.63) is 34.9 Å². The van der Waals surface area contributed by atoms with Crippen molar-refractivity contribution in [3.8, 4) is 0 Å². The molecule has 1 aromatic rings. The second kappa shape index (κ2) is 5.91. The van der Waals surface area contributed by atoms with E-state index in [0.717, 1.165) is 0 Å². The molecule has 1 nitrogen and oxygen atoms in total. The van der Waals surface area contributed by atoms with E-state index in [1.807, 2.05) is 0 Å². The van der Waals surface area contributed by atoms with E-state index in [1.165, 1.54) is 19.1 Å². The number of hydrogen-bond donors (Lipinski definition) is 1. The third-order valence-electron chi connectivity index (χ3n) is 4.27. The first-order valence-corrected chi connectivity index (χ1v) is 6.92. The standard InChI is InChI=1S/C15H17F5O/c1-8-6-7-10(13(17)12(8)16)14(21)9-4-2-3-5-11(9)15(18,19)20/h6-7,9,11,14,21H,2-5H2,1H3. The van der Waals surface area contributed by atoms with Crippen molar-refractivity contribution in [2.45, 2.75) is 44.9 Å². The van der Waals surface area contributed by atoms with Crippen molar-refractivity contribution in [1.29, 1.82) is 0 Å². The molecule has 21 heavy (non-hydrogen) atoms. The van der Waals surface area contributed by atoms with Gasteiger partial charge in [0, 0.05) is 11.5 Å². The molecular weight excluding hydrogens is 291 g/mol. The molecule has 0 radical (unpaired) electrons. The van der Waals surface area contributed by atoms with Crippen molar-refractivity contribution in [3.63, 3.8) is 0 Å². The van der Waals surface area contributed by atoms with Crippen molar-refractivity contribution in [1.82, 2.24) is 0 Å². The van der Waals surface area contributed by atoms with Gasteiger partial charge in [-0.2, -0.15) is 13.2 Å². The van der Waals surface area contributed by atoms with Crippen LogP contribution in [0.3, 0.4) is 0 Å². The number of aryl methyl sites for hydroxylation is 1. The maximum Gasteiger partial charge on any atom is 0.392 e. The minimum absolute atomic E-state index is 0.0551. The fourth-order valence-corrected chi connectivity index (χ4v) is 3.06. The SMILES string of the molecule is Cc1ccc(C(O)C2CCCCC2C(F)(F)F)c(F)c1F. The lowest BCUT2D eigenvalue weighted by Gasteiger charge is -2.36. The second-order valence-corrected chi connectivity index (χ2v) is 5.64. The Morgan fingerprint density at radius 1 is 1.10 bits per heavy atom. The first kappa shape index (κ1) is 16.2. The summed E-state index contributed by atoms with van der Waals surface area (Å²) >= 11 is 0. The molecule has 0 spiro atoms. The molecule has 1 aliphatic carbocycles. The van der Waals surface area contributed by atoms with E-state index in [9.17, 15) is 27.1 Å². The van der Waals surface area contributed by atoms with Crippen LogP contribution in [-0.4, -0.2) is 11.3 Å². The van der Waals surface area contributed by atoms with Gasteiger partial charge < -0.3 is 5.11 Å². The van der Waals surface area contributed by atoms with E-state index in [-0.39, 0.29) is 24.0 Å². The average Bonchev–Trinajstić information content (AvgIpc) is 2.43. The quantitative estimate of drug-likeness (QED) is 0.787. The lowest BCUT2D eigenvalue weighted by molar-refractivity contribution is -0.207. The van der Waals surface area contributed by atoms with Gasteiger partial charge in [0.2, 0.25) is 0 Å². The molecule has 3 unspecified atom stereocenters. The lowest BCUT2D eigenvalue weighted by atomic mass is 9.74. The van der Waals surface area contributed by atoms with Gasteiger partial charge in [0.15, 0.2) is 11.6 Å². The molecule has 0 bridgehead atoms. The summed E-state index contributed by atoms with van der Waals surface area (Å²) in [4.78, 5) is 0. The van der Waals surface area contributed by atoms with Crippen LogP contribution in [0.15, 0.2) is 12.1 Å². The van der Waals surface area contributed by atoms with Gasteiger partial charge in [-0.15, -0.1) is 0 Å². The van der Waals surface area contributed by atoms with Crippen LogP contribution in [0.25, 0.3) is 0 Å². The zero-order chi connectivity index (χ0) is 15.8. The van der Waals surface area contributed by atoms with Gasteiger partial charge >= 0.3 is 6.18 Å². The molecular formula is C15H17F5O. The minimum atomic E-state index is -4.44. The van der Waals surface area contributed by atoms with Crippen LogP contribution in [0.2, 0.25) is 0 Å². The monoisotopic (exact) mass is 308 g/mol. The van der Waals surface area contributed by atoms with E-state index >= 15 is 0 Å². The Hall–Kier alpha value is -1.17. The Kier molecular flexibility index (Phi) is 4.56. The van der Waals surface area contributed by atoms with E-state index in [2.05, 4.69) is 0 Å². The summed E-state index contributed by atoms with van der Waals surface area (Å²) in [6.45, 7) is 1.35. The number of halogens is 5. The van der Waals surface area contributed by atoms with Crippen LogP contribution in [0.4, 0.5) is 22.0 Å². The molecule has 1 fully saturated rings. The normalized spacial score (nSPS) is 24.9. The molecule has 3 atom stereocenters. The topological polar surface area (TPSA) is 20.2 Å².